The van der Waals surface area contributed by atoms with Gasteiger partial charge in [-0.25, -0.2) is 4.98 Å². The number of thiocyanates is 1. The molecule has 0 unspecified atom stereocenters. The zero-order chi connectivity index (χ0) is 33.6. The van der Waals surface area contributed by atoms with Crippen molar-refractivity contribution in [2.75, 3.05) is 0 Å². The molecule has 5 heteroatoms. The van der Waals surface area contributed by atoms with Crippen LogP contribution >= 0.6 is 11.8 Å². The lowest BCUT2D eigenvalue weighted by molar-refractivity contribution is 0.668. The Labute approximate surface area is 290 Å². The van der Waals surface area contributed by atoms with E-state index in [-0.39, 0.29) is 11.8 Å². The second kappa shape index (κ2) is 12.5. The number of thioether (sulfide) groups is 1. The summed E-state index contributed by atoms with van der Waals surface area (Å²) in [6, 6.07) is 44.9. The molecule has 238 valence electrons. The van der Waals surface area contributed by atoms with Gasteiger partial charge in [-0.2, -0.15) is 5.26 Å². The van der Waals surface area contributed by atoms with Crippen molar-refractivity contribution in [3.63, 3.8) is 0 Å². The SMILES string of the molecule is CC(C)c1cc(-c2ccc(-c3ccccc3)cc2)cc(C(C)C)c1-n1c(-c2cccc3c2oc2cc(SC#N)ccc23)nc2ccccc21. The van der Waals surface area contributed by atoms with Gasteiger partial charge in [0.1, 0.15) is 22.4 Å². The Kier molecular flexibility index (Phi) is 7.82. The molecule has 0 aliphatic heterocycles. The molecule has 0 radical (unpaired) electrons. The van der Waals surface area contributed by atoms with E-state index in [0.29, 0.717) is 0 Å². The zero-order valence-electron chi connectivity index (χ0n) is 27.9. The number of para-hydroxylation sites is 3. The van der Waals surface area contributed by atoms with Gasteiger partial charge in [-0.05, 0) is 106 Å². The van der Waals surface area contributed by atoms with E-state index < -0.39 is 0 Å². The zero-order valence-corrected chi connectivity index (χ0v) is 28.8. The first-order chi connectivity index (χ1) is 23.9. The quantitative estimate of drug-likeness (QED) is 0.127. The van der Waals surface area contributed by atoms with E-state index in [4.69, 9.17) is 9.40 Å². The lowest BCUT2D eigenvalue weighted by Crippen LogP contribution is -2.09. The highest BCUT2D eigenvalue weighted by molar-refractivity contribution is 8.03. The number of hydrogen-bond donors (Lipinski definition) is 0. The van der Waals surface area contributed by atoms with Crippen molar-refractivity contribution < 1.29 is 4.42 Å². The van der Waals surface area contributed by atoms with Gasteiger partial charge in [0.05, 0.1) is 22.3 Å². The third kappa shape index (κ3) is 5.39. The summed E-state index contributed by atoms with van der Waals surface area (Å²) in [5, 5.41) is 13.5. The van der Waals surface area contributed by atoms with Gasteiger partial charge in [0.25, 0.3) is 0 Å². The maximum absolute atomic E-state index is 9.26. The van der Waals surface area contributed by atoms with Crippen LogP contribution in [0.5, 0.6) is 0 Å². The largest absolute Gasteiger partial charge is 0.455 e. The van der Waals surface area contributed by atoms with Crippen LogP contribution in [0.15, 0.2) is 137 Å². The van der Waals surface area contributed by atoms with Crippen molar-refractivity contribution in [3.8, 4) is 44.7 Å². The van der Waals surface area contributed by atoms with Crippen LogP contribution in [0.2, 0.25) is 0 Å². The van der Waals surface area contributed by atoms with Crippen molar-refractivity contribution in [2.24, 2.45) is 0 Å². The van der Waals surface area contributed by atoms with Crippen LogP contribution in [-0.4, -0.2) is 9.55 Å². The third-order valence-corrected chi connectivity index (χ3v) is 9.98. The van der Waals surface area contributed by atoms with E-state index in [1.807, 2.05) is 18.2 Å². The molecule has 0 aliphatic carbocycles. The van der Waals surface area contributed by atoms with Crippen molar-refractivity contribution in [3.05, 3.63) is 139 Å². The monoisotopic (exact) mass is 653 g/mol. The molecule has 0 atom stereocenters. The summed E-state index contributed by atoms with van der Waals surface area (Å²) in [6.07, 6.45) is 0. The Morgan fingerprint density at radius 1 is 0.653 bits per heavy atom. The van der Waals surface area contributed by atoms with Crippen LogP contribution < -0.4 is 0 Å². The summed E-state index contributed by atoms with van der Waals surface area (Å²) in [5.41, 5.74) is 13.0. The maximum Gasteiger partial charge on any atom is 0.149 e. The first-order valence-corrected chi connectivity index (χ1v) is 17.6. The molecule has 2 heterocycles. The summed E-state index contributed by atoms with van der Waals surface area (Å²) in [6.45, 7) is 9.11. The van der Waals surface area contributed by atoms with Crippen LogP contribution in [0.25, 0.3) is 72.3 Å². The second-order valence-electron chi connectivity index (χ2n) is 13.2. The van der Waals surface area contributed by atoms with E-state index in [0.717, 1.165) is 61.0 Å². The summed E-state index contributed by atoms with van der Waals surface area (Å²) in [4.78, 5) is 6.16. The van der Waals surface area contributed by atoms with E-state index >= 15 is 0 Å². The van der Waals surface area contributed by atoms with Gasteiger partial charge < -0.3 is 4.42 Å². The van der Waals surface area contributed by atoms with E-state index in [1.165, 1.54) is 39.1 Å². The third-order valence-electron chi connectivity index (χ3n) is 9.40. The Balaban J connectivity index is 1.36. The molecular formula is C44H35N3OS. The minimum absolute atomic E-state index is 0.253. The van der Waals surface area contributed by atoms with Crippen molar-refractivity contribution in [2.45, 2.75) is 44.4 Å². The Morgan fingerprint density at radius 2 is 1.31 bits per heavy atom. The lowest BCUT2D eigenvalue weighted by atomic mass is 9.87. The molecule has 6 aromatic carbocycles. The fourth-order valence-corrected chi connectivity index (χ4v) is 7.38. The molecule has 0 aliphatic rings. The summed E-state index contributed by atoms with van der Waals surface area (Å²) >= 11 is 1.14. The molecule has 0 spiro atoms. The van der Waals surface area contributed by atoms with Crippen LogP contribution in [0.4, 0.5) is 0 Å². The molecule has 4 nitrogen and oxygen atoms in total. The Bertz CT molecular complexity index is 2500. The smallest absolute Gasteiger partial charge is 0.149 e. The van der Waals surface area contributed by atoms with E-state index in [9.17, 15) is 5.26 Å². The average molecular weight is 654 g/mol. The van der Waals surface area contributed by atoms with Crippen LogP contribution in [0.3, 0.4) is 0 Å². The highest BCUT2D eigenvalue weighted by atomic mass is 32.2. The lowest BCUT2D eigenvalue weighted by Gasteiger charge is -2.24. The van der Waals surface area contributed by atoms with Gasteiger partial charge in [0.2, 0.25) is 0 Å². The molecule has 8 rings (SSSR count). The average Bonchev–Trinajstić information content (AvgIpc) is 3.70. The number of benzene rings is 6. The summed E-state index contributed by atoms with van der Waals surface area (Å²) < 4.78 is 8.97. The number of nitriles is 1. The number of aromatic nitrogens is 2. The number of hydrogen-bond acceptors (Lipinski definition) is 4. The summed E-state index contributed by atoms with van der Waals surface area (Å²) in [7, 11) is 0. The van der Waals surface area contributed by atoms with Crippen molar-refractivity contribution in [1.82, 2.24) is 9.55 Å². The van der Waals surface area contributed by atoms with E-state index in [2.05, 4.69) is 147 Å². The minimum atomic E-state index is 0.253. The fraction of sp³-hybridized carbons (Fsp3) is 0.136. The standard InChI is InChI=1S/C44H35N3OS/c1-27(2)37-23-32(31-19-17-30(18-20-31)29-11-6-5-7-12-29)24-38(28(3)4)42(37)47-40-16-9-8-15-39(40)46-44(47)36-14-10-13-35-34-22-21-33(49-26-45)25-41(34)48-43(35)36/h5-25,27-28H,1-4H3. The van der Waals surface area contributed by atoms with Gasteiger partial charge in [0.15, 0.2) is 0 Å². The van der Waals surface area contributed by atoms with Gasteiger partial charge in [-0.3, -0.25) is 4.57 Å². The number of nitrogens with zero attached hydrogens (tertiary/aromatic N) is 3. The predicted molar refractivity (Wildman–Crippen MR) is 204 cm³/mol. The van der Waals surface area contributed by atoms with Gasteiger partial charge in [-0.1, -0.05) is 107 Å². The molecule has 8 aromatic rings. The highest BCUT2D eigenvalue weighted by Gasteiger charge is 2.25. The van der Waals surface area contributed by atoms with Crippen LogP contribution in [0.1, 0.15) is 50.7 Å². The molecule has 2 aromatic heterocycles. The number of imidazole rings is 1. The van der Waals surface area contributed by atoms with Crippen LogP contribution in [-0.2, 0) is 0 Å². The predicted octanol–water partition coefficient (Wildman–Crippen LogP) is 12.7. The first kappa shape index (κ1) is 30.7. The minimum Gasteiger partial charge on any atom is -0.455 e. The molecule has 49 heavy (non-hydrogen) atoms. The highest BCUT2D eigenvalue weighted by Crippen LogP contribution is 2.43. The van der Waals surface area contributed by atoms with Crippen molar-refractivity contribution >= 4 is 44.7 Å². The number of fused-ring (bicyclic) bond motifs is 4. The molecule has 0 saturated heterocycles. The molecule has 0 fully saturated rings. The van der Waals surface area contributed by atoms with Gasteiger partial charge in [0, 0.05) is 15.7 Å². The molecule has 0 N–H and O–H groups in total. The van der Waals surface area contributed by atoms with Crippen molar-refractivity contribution in [1.29, 1.82) is 5.26 Å². The number of furan rings is 1. The molecule has 0 amide bonds. The summed E-state index contributed by atoms with van der Waals surface area (Å²) in [5.74, 6) is 1.35. The first-order valence-electron chi connectivity index (χ1n) is 16.7. The fourth-order valence-electron chi connectivity index (χ4n) is 6.97. The van der Waals surface area contributed by atoms with Crippen LogP contribution in [0, 0.1) is 10.7 Å². The Morgan fingerprint density at radius 3 is 2.00 bits per heavy atom. The normalized spacial score (nSPS) is 11.7. The molecule has 0 saturated carbocycles. The number of rotatable bonds is 7. The van der Waals surface area contributed by atoms with E-state index in [1.54, 1.807) is 0 Å². The molecular weight excluding hydrogens is 619 g/mol. The maximum atomic E-state index is 9.26. The topological polar surface area (TPSA) is 54.8 Å². The van der Waals surface area contributed by atoms with Gasteiger partial charge in [-0.15, -0.1) is 0 Å². The van der Waals surface area contributed by atoms with Gasteiger partial charge >= 0.3 is 0 Å². The molecule has 0 bridgehead atoms. The second-order valence-corrected chi connectivity index (χ2v) is 14.0. The Hall–Kier alpha value is -5.57.